The van der Waals surface area contributed by atoms with Gasteiger partial charge in [-0.05, 0) is 61.0 Å². The molecule has 1 aromatic heterocycles. The van der Waals surface area contributed by atoms with Crippen molar-refractivity contribution < 1.29 is 9.53 Å². The number of nitrogens with one attached hydrogen (secondary N) is 1. The summed E-state index contributed by atoms with van der Waals surface area (Å²) in [5, 5.41) is 14.0. The van der Waals surface area contributed by atoms with Crippen LogP contribution in [-0.4, -0.2) is 39.2 Å². The Hall–Kier alpha value is -3.62. The van der Waals surface area contributed by atoms with E-state index in [1.54, 1.807) is 18.3 Å². The Labute approximate surface area is 206 Å². The zero-order valence-corrected chi connectivity index (χ0v) is 20.0. The monoisotopic (exact) mass is 491 g/mol. The number of hydrazone groups is 1. The molecule has 7 nitrogen and oxygen atoms in total. The van der Waals surface area contributed by atoms with Crippen LogP contribution in [0.1, 0.15) is 12.5 Å². The van der Waals surface area contributed by atoms with Crippen molar-refractivity contribution in [3.8, 4) is 22.8 Å². The average Bonchev–Trinajstić information content (AvgIpc) is 3.28. The van der Waals surface area contributed by atoms with Gasteiger partial charge in [0.15, 0.2) is 11.0 Å². The summed E-state index contributed by atoms with van der Waals surface area (Å²) in [7, 11) is 0. The summed E-state index contributed by atoms with van der Waals surface area (Å²) in [4.78, 5) is 12.4. The highest BCUT2D eigenvalue weighted by Gasteiger charge is 2.17. The van der Waals surface area contributed by atoms with Gasteiger partial charge in [-0.1, -0.05) is 53.7 Å². The van der Waals surface area contributed by atoms with Crippen LogP contribution in [0.15, 0.2) is 89.1 Å². The first kappa shape index (κ1) is 23.5. The molecule has 0 bridgehead atoms. The number of ether oxygens (including phenoxy) is 1. The van der Waals surface area contributed by atoms with E-state index in [0.717, 1.165) is 22.6 Å². The van der Waals surface area contributed by atoms with E-state index in [1.165, 1.54) is 11.8 Å². The number of amides is 1. The molecular weight excluding hydrogens is 470 g/mol. The van der Waals surface area contributed by atoms with E-state index in [-0.39, 0.29) is 11.7 Å². The second-order valence-corrected chi connectivity index (χ2v) is 8.45. The zero-order valence-electron chi connectivity index (χ0n) is 18.4. The van der Waals surface area contributed by atoms with Crippen LogP contribution in [0, 0.1) is 0 Å². The quantitative estimate of drug-likeness (QED) is 0.197. The van der Waals surface area contributed by atoms with Crippen LogP contribution in [-0.2, 0) is 4.79 Å². The van der Waals surface area contributed by atoms with Crippen LogP contribution in [0.4, 0.5) is 0 Å². The lowest BCUT2D eigenvalue weighted by Crippen LogP contribution is -2.20. The molecule has 4 rings (SSSR count). The summed E-state index contributed by atoms with van der Waals surface area (Å²) < 4.78 is 7.47. The maximum atomic E-state index is 12.4. The fourth-order valence-electron chi connectivity index (χ4n) is 3.12. The SMILES string of the molecule is CCOc1ccc(-n2c(SCC(=O)NN=Cc3ccccc3)nnc2-c2ccc(Cl)cc2)cc1. The number of benzene rings is 3. The van der Waals surface area contributed by atoms with Crippen molar-refractivity contribution >= 4 is 35.5 Å². The number of hydrogen-bond donors (Lipinski definition) is 1. The number of hydrogen-bond acceptors (Lipinski definition) is 6. The molecule has 0 fully saturated rings. The Balaban J connectivity index is 1.53. The number of nitrogens with zero attached hydrogens (tertiary/aromatic N) is 4. The highest BCUT2D eigenvalue weighted by molar-refractivity contribution is 7.99. The fraction of sp³-hybridized carbons (Fsp3) is 0.120. The molecule has 0 aliphatic carbocycles. The third-order valence-corrected chi connectivity index (χ3v) is 5.86. The van der Waals surface area contributed by atoms with Gasteiger partial charge in [0, 0.05) is 16.3 Å². The molecule has 0 spiro atoms. The topological polar surface area (TPSA) is 81.4 Å². The predicted molar refractivity (Wildman–Crippen MR) is 136 cm³/mol. The Morgan fingerprint density at radius 3 is 2.50 bits per heavy atom. The fourth-order valence-corrected chi connectivity index (χ4v) is 3.99. The molecule has 1 heterocycles. The van der Waals surface area contributed by atoms with Crippen LogP contribution in [0.5, 0.6) is 5.75 Å². The van der Waals surface area contributed by atoms with E-state index in [1.807, 2.05) is 78.2 Å². The van der Waals surface area contributed by atoms with Crippen LogP contribution in [0.2, 0.25) is 5.02 Å². The highest BCUT2D eigenvalue weighted by atomic mass is 35.5. The lowest BCUT2D eigenvalue weighted by molar-refractivity contribution is -0.118. The molecule has 172 valence electrons. The lowest BCUT2D eigenvalue weighted by atomic mass is 10.2. The molecule has 0 saturated heterocycles. The molecule has 1 amide bonds. The first-order valence-corrected chi connectivity index (χ1v) is 11.9. The van der Waals surface area contributed by atoms with E-state index in [2.05, 4.69) is 20.7 Å². The Morgan fingerprint density at radius 2 is 1.79 bits per heavy atom. The Bertz CT molecular complexity index is 1260. The number of carbonyl (C=O) groups excluding carboxylic acids is 1. The molecule has 3 aromatic carbocycles. The molecule has 34 heavy (non-hydrogen) atoms. The molecule has 0 saturated carbocycles. The van der Waals surface area contributed by atoms with Gasteiger partial charge in [-0.3, -0.25) is 9.36 Å². The normalized spacial score (nSPS) is 11.0. The van der Waals surface area contributed by atoms with Crippen molar-refractivity contribution in [2.75, 3.05) is 12.4 Å². The van der Waals surface area contributed by atoms with E-state index in [9.17, 15) is 4.79 Å². The maximum Gasteiger partial charge on any atom is 0.250 e. The molecule has 0 unspecified atom stereocenters. The number of thioether (sulfide) groups is 1. The van der Waals surface area contributed by atoms with Gasteiger partial charge < -0.3 is 4.74 Å². The van der Waals surface area contributed by atoms with Crippen molar-refractivity contribution in [3.63, 3.8) is 0 Å². The first-order chi connectivity index (χ1) is 16.6. The minimum absolute atomic E-state index is 0.127. The lowest BCUT2D eigenvalue weighted by Gasteiger charge is -2.11. The molecule has 0 atom stereocenters. The van der Waals surface area contributed by atoms with Gasteiger partial charge in [-0.2, -0.15) is 5.10 Å². The standard InChI is InChI=1S/C25H22ClN5O2S/c1-2-33-22-14-12-21(13-15-22)31-24(19-8-10-20(26)11-9-19)29-30-25(31)34-17-23(32)28-27-16-18-6-4-3-5-7-18/h3-16H,2,17H2,1H3,(H,28,32). The van der Waals surface area contributed by atoms with Gasteiger partial charge in [0.1, 0.15) is 5.75 Å². The van der Waals surface area contributed by atoms with Crippen molar-refractivity contribution in [1.82, 2.24) is 20.2 Å². The Morgan fingerprint density at radius 1 is 1.06 bits per heavy atom. The predicted octanol–water partition coefficient (Wildman–Crippen LogP) is 5.23. The average molecular weight is 492 g/mol. The highest BCUT2D eigenvalue weighted by Crippen LogP contribution is 2.29. The van der Waals surface area contributed by atoms with Gasteiger partial charge in [-0.15, -0.1) is 10.2 Å². The van der Waals surface area contributed by atoms with E-state index in [4.69, 9.17) is 16.3 Å². The molecule has 0 radical (unpaired) electrons. The summed E-state index contributed by atoms with van der Waals surface area (Å²) in [5.74, 6) is 1.30. The van der Waals surface area contributed by atoms with Crippen molar-refractivity contribution in [2.45, 2.75) is 12.1 Å². The smallest absolute Gasteiger partial charge is 0.250 e. The number of halogens is 1. The van der Waals surface area contributed by atoms with E-state index >= 15 is 0 Å². The van der Waals surface area contributed by atoms with Crippen LogP contribution < -0.4 is 10.2 Å². The second-order valence-electron chi connectivity index (χ2n) is 7.07. The molecule has 0 aliphatic rings. The number of aromatic nitrogens is 3. The summed E-state index contributed by atoms with van der Waals surface area (Å²) in [6, 6.07) is 24.6. The summed E-state index contributed by atoms with van der Waals surface area (Å²) in [6.45, 7) is 2.53. The van der Waals surface area contributed by atoms with Crippen LogP contribution in [0.3, 0.4) is 0 Å². The third-order valence-electron chi connectivity index (χ3n) is 4.68. The van der Waals surface area contributed by atoms with Crippen molar-refractivity contribution in [2.24, 2.45) is 5.10 Å². The van der Waals surface area contributed by atoms with Crippen LogP contribution in [0.25, 0.3) is 17.1 Å². The summed E-state index contributed by atoms with van der Waals surface area (Å²) in [5.41, 5.74) is 5.16. The van der Waals surface area contributed by atoms with Crippen molar-refractivity contribution in [3.05, 3.63) is 89.4 Å². The third kappa shape index (κ3) is 6.03. The number of carbonyl (C=O) groups is 1. The second kappa shape index (κ2) is 11.5. The van der Waals surface area contributed by atoms with Crippen LogP contribution >= 0.6 is 23.4 Å². The number of rotatable bonds is 9. The van der Waals surface area contributed by atoms with Gasteiger partial charge in [0.2, 0.25) is 0 Å². The van der Waals surface area contributed by atoms with Gasteiger partial charge in [-0.25, -0.2) is 5.43 Å². The molecule has 1 N–H and O–H groups in total. The first-order valence-electron chi connectivity index (χ1n) is 10.6. The van der Waals surface area contributed by atoms with Crippen molar-refractivity contribution in [1.29, 1.82) is 0 Å². The molecular formula is C25H22ClN5O2S. The molecule has 4 aromatic rings. The van der Waals surface area contributed by atoms with Gasteiger partial charge in [0.05, 0.1) is 18.6 Å². The summed E-state index contributed by atoms with van der Waals surface area (Å²) in [6.07, 6.45) is 1.60. The minimum atomic E-state index is -0.244. The van der Waals surface area contributed by atoms with E-state index in [0.29, 0.717) is 22.6 Å². The Kier molecular flexibility index (Phi) is 7.95. The summed E-state index contributed by atoms with van der Waals surface area (Å²) >= 11 is 7.33. The largest absolute Gasteiger partial charge is 0.494 e. The zero-order chi connectivity index (χ0) is 23.8. The van der Waals surface area contributed by atoms with Gasteiger partial charge >= 0.3 is 0 Å². The minimum Gasteiger partial charge on any atom is -0.494 e. The maximum absolute atomic E-state index is 12.4. The van der Waals surface area contributed by atoms with Gasteiger partial charge in [0.25, 0.3) is 5.91 Å². The molecule has 0 aliphatic heterocycles. The molecule has 9 heteroatoms. The van der Waals surface area contributed by atoms with E-state index < -0.39 is 0 Å².